The SMILES string of the molecule is CCCC(CC)NS(=O)(=O)c1cc(Cl)cc(CO)c1Cl. The molecule has 114 valence electrons. The summed E-state index contributed by atoms with van der Waals surface area (Å²) in [7, 11) is -3.76. The Hall–Kier alpha value is -0.330. The molecular formula is C13H19Cl2NO3S. The summed E-state index contributed by atoms with van der Waals surface area (Å²) in [5.74, 6) is 0. The van der Waals surface area contributed by atoms with Crippen LogP contribution < -0.4 is 4.72 Å². The van der Waals surface area contributed by atoms with Gasteiger partial charge in [-0.3, -0.25) is 0 Å². The molecule has 0 heterocycles. The molecule has 20 heavy (non-hydrogen) atoms. The second-order valence-corrected chi connectivity index (χ2v) is 7.05. The van der Waals surface area contributed by atoms with Crippen molar-refractivity contribution in [3.63, 3.8) is 0 Å². The number of aliphatic hydroxyl groups excluding tert-OH is 1. The molecule has 0 saturated carbocycles. The van der Waals surface area contributed by atoms with E-state index in [1.807, 2.05) is 13.8 Å². The molecule has 0 fully saturated rings. The highest BCUT2D eigenvalue weighted by molar-refractivity contribution is 7.89. The second-order valence-electron chi connectivity index (χ2n) is 4.55. The van der Waals surface area contributed by atoms with Gasteiger partial charge in [0.05, 0.1) is 11.6 Å². The van der Waals surface area contributed by atoms with Gasteiger partial charge in [-0.05, 0) is 30.5 Å². The zero-order chi connectivity index (χ0) is 15.3. The molecule has 0 aliphatic rings. The summed E-state index contributed by atoms with van der Waals surface area (Å²) in [6.45, 7) is 3.54. The Morgan fingerprint density at radius 3 is 2.45 bits per heavy atom. The fourth-order valence-corrected chi connectivity index (χ4v) is 4.19. The van der Waals surface area contributed by atoms with E-state index in [0.717, 1.165) is 12.8 Å². The Morgan fingerprint density at radius 1 is 1.30 bits per heavy atom. The van der Waals surface area contributed by atoms with Crippen molar-refractivity contribution in [2.24, 2.45) is 0 Å². The van der Waals surface area contributed by atoms with Crippen molar-refractivity contribution < 1.29 is 13.5 Å². The fourth-order valence-electron chi connectivity index (χ4n) is 1.91. The minimum atomic E-state index is -3.76. The van der Waals surface area contributed by atoms with E-state index in [1.165, 1.54) is 12.1 Å². The molecule has 2 N–H and O–H groups in total. The monoisotopic (exact) mass is 339 g/mol. The van der Waals surface area contributed by atoms with Crippen LogP contribution in [0.4, 0.5) is 0 Å². The summed E-state index contributed by atoms with van der Waals surface area (Å²) in [4.78, 5) is -0.0923. The zero-order valence-electron chi connectivity index (χ0n) is 11.5. The highest BCUT2D eigenvalue weighted by atomic mass is 35.5. The Kier molecular flexibility index (Phi) is 6.75. The number of hydrogen-bond acceptors (Lipinski definition) is 3. The molecule has 1 aromatic rings. The van der Waals surface area contributed by atoms with Crippen LogP contribution in [0.25, 0.3) is 0 Å². The van der Waals surface area contributed by atoms with Crippen molar-refractivity contribution >= 4 is 33.2 Å². The third-order valence-electron chi connectivity index (χ3n) is 2.99. The van der Waals surface area contributed by atoms with Crippen LogP contribution in [0.15, 0.2) is 17.0 Å². The van der Waals surface area contributed by atoms with Crippen molar-refractivity contribution in [1.29, 1.82) is 0 Å². The molecule has 0 aromatic heterocycles. The third kappa shape index (κ3) is 4.33. The van der Waals surface area contributed by atoms with Gasteiger partial charge >= 0.3 is 0 Å². The van der Waals surface area contributed by atoms with Crippen molar-refractivity contribution in [3.05, 3.63) is 27.7 Å². The Morgan fingerprint density at radius 2 is 1.95 bits per heavy atom. The molecular weight excluding hydrogens is 321 g/mol. The predicted molar refractivity (Wildman–Crippen MR) is 81.7 cm³/mol. The quantitative estimate of drug-likeness (QED) is 0.800. The van der Waals surface area contributed by atoms with E-state index in [-0.39, 0.29) is 27.6 Å². The number of sulfonamides is 1. The average molecular weight is 340 g/mol. The lowest BCUT2D eigenvalue weighted by atomic mass is 10.1. The van der Waals surface area contributed by atoms with Gasteiger partial charge in [-0.2, -0.15) is 0 Å². The molecule has 0 bridgehead atoms. The number of hydrogen-bond donors (Lipinski definition) is 2. The molecule has 1 atom stereocenters. The topological polar surface area (TPSA) is 66.4 Å². The van der Waals surface area contributed by atoms with Crippen molar-refractivity contribution in [2.45, 2.75) is 50.7 Å². The van der Waals surface area contributed by atoms with Crippen molar-refractivity contribution in [3.8, 4) is 0 Å². The molecule has 0 radical (unpaired) electrons. The summed E-state index contributed by atoms with van der Waals surface area (Å²) < 4.78 is 27.4. The summed E-state index contributed by atoms with van der Waals surface area (Å²) in [5, 5.41) is 9.42. The van der Waals surface area contributed by atoms with Gasteiger partial charge in [0.1, 0.15) is 4.90 Å². The number of nitrogens with one attached hydrogen (secondary N) is 1. The largest absolute Gasteiger partial charge is 0.392 e. The van der Waals surface area contributed by atoms with Crippen LogP contribution in [0.1, 0.15) is 38.7 Å². The molecule has 1 unspecified atom stereocenters. The van der Waals surface area contributed by atoms with E-state index < -0.39 is 10.0 Å². The summed E-state index contributed by atoms with van der Waals surface area (Å²) in [5.41, 5.74) is 0.295. The lowest BCUT2D eigenvalue weighted by Crippen LogP contribution is -2.34. The van der Waals surface area contributed by atoms with E-state index in [0.29, 0.717) is 12.0 Å². The molecule has 0 spiro atoms. The number of rotatable bonds is 7. The van der Waals surface area contributed by atoms with E-state index in [1.54, 1.807) is 0 Å². The predicted octanol–water partition coefficient (Wildman–Crippen LogP) is 3.34. The lowest BCUT2D eigenvalue weighted by molar-refractivity contribution is 0.281. The van der Waals surface area contributed by atoms with Gasteiger partial charge in [-0.1, -0.05) is 43.5 Å². The lowest BCUT2D eigenvalue weighted by Gasteiger charge is -2.17. The molecule has 1 aromatic carbocycles. The first-order chi connectivity index (χ1) is 9.35. The Balaban J connectivity index is 3.18. The molecule has 1 rings (SSSR count). The fraction of sp³-hybridized carbons (Fsp3) is 0.538. The van der Waals surface area contributed by atoms with E-state index >= 15 is 0 Å². The average Bonchev–Trinajstić information content (AvgIpc) is 2.40. The van der Waals surface area contributed by atoms with Crippen LogP contribution in [0.3, 0.4) is 0 Å². The van der Waals surface area contributed by atoms with Gasteiger partial charge in [-0.25, -0.2) is 13.1 Å². The maximum Gasteiger partial charge on any atom is 0.242 e. The van der Waals surface area contributed by atoms with Gasteiger partial charge in [0.25, 0.3) is 0 Å². The van der Waals surface area contributed by atoms with E-state index in [9.17, 15) is 13.5 Å². The maximum atomic E-state index is 12.4. The third-order valence-corrected chi connectivity index (χ3v) is 5.31. The number of halogens is 2. The van der Waals surface area contributed by atoms with E-state index in [4.69, 9.17) is 23.2 Å². The van der Waals surface area contributed by atoms with Gasteiger partial charge in [-0.15, -0.1) is 0 Å². The van der Waals surface area contributed by atoms with Crippen LogP contribution in [-0.2, 0) is 16.6 Å². The zero-order valence-corrected chi connectivity index (χ0v) is 13.8. The number of aliphatic hydroxyl groups is 1. The summed E-state index contributed by atoms with van der Waals surface area (Å²) >= 11 is 11.9. The van der Waals surface area contributed by atoms with Crippen molar-refractivity contribution in [2.75, 3.05) is 0 Å². The molecule has 7 heteroatoms. The van der Waals surface area contributed by atoms with Crippen LogP contribution >= 0.6 is 23.2 Å². The minimum absolute atomic E-state index is 0.00996. The highest BCUT2D eigenvalue weighted by Crippen LogP contribution is 2.29. The summed E-state index contributed by atoms with van der Waals surface area (Å²) in [6, 6.07) is 2.61. The molecule has 0 aliphatic carbocycles. The minimum Gasteiger partial charge on any atom is -0.392 e. The van der Waals surface area contributed by atoms with Crippen molar-refractivity contribution in [1.82, 2.24) is 4.72 Å². The molecule has 0 saturated heterocycles. The smallest absolute Gasteiger partial charge is 0.242 e. The van der Waals surface area contributed by atoms with Crippen LogP contribution in [0, 0.1) is 0 Å². The van der Waals surface area contributed by atoms with Gasteiger partial charge in [0.2, 0.25) is 10.0 Å². The maximum absolute atomic E-state index is 12.4. The molecule has 4 nitrogen and oxygen atoms in total. The van der Waals surface area contributed by atoms with Crippen LogP contribution in [0.2, 0.25) is 10.0 Å². The first-order valence-corrected chi connectivity index (χ1v) is 8.70. The normalized spacial score (nSPS) is 13.4. The van der Waals surface area contributed by atoms with Gasteiger partial charge < -0.3 is 5.11 Å². The first-order valence-electron chi connectivity index (χ1n) is 6.46. The molecule has 0 amide bonds. The second kappa shape index (κ2) is 7.61. The van der Waals surface area contributed by atoms with Crippen LogP contribution in [0.5, 0.6) is 0 Å². The standard InChI is InChI=1S/C13H19Cl2NO3S/c1-3-5-11(4-2)16-20(18,19)12-7-10(14)6-9(8-17)13(12)15/h6-7,11,16-17H,3-5,8H2,1-2H3. The number of benzene rings is 1. The van der Waals surface area contributed by atoms with Gasteiger partial charge in [0.15, 0.2) is 0 Å². The van der Waals surface area contributed by atoms with E-state index in [2.05, 4.69) is 4.72 Å². The molecule has 0 aliphatic heterocycles. The Labute approximate surface area is 130 Å². The van der Waals surface area contributed by atoms with Crippen LogP contribution in [-0.4, -0.2) is 19.6 Å². The first kappa shape index (κ1) is 17.7. The highest BCUT2D eigenvalue weighted by Gasteiger charge is 2.23. The Bertz CT molecular complexity index is 561. The van der Waals surface area contributed by atoms with Gasteiger partial charge in [0, 0.05) is 11.1 Å². The summed E-state index contributed by atoms with van der Waals surface area (Å²) in [6.07, 6.45) is 2.32.